The number of nitrogens with two attached hydrogens (primary N) is 2. The average molecular weight is 457 g/mol. The van der Waals surface area contributed by atoms with E-state index in [-0.39, 0.29) is 23.9 Å². The minimum absolute atomic E-state index is 0.00343. The minimum Gasteiger partial charge on any atom is -0.390 e. The van der Waals surface area contributed by atoms with E-state index < -0.39 is 5.82 Å². The molecule has 5 rings (SSSR count). The van der Waals surface area contributed by atoms with Gasteiger partial charge in [-0.15, -0.1) is 0 Å². The van der Waals surface area contributed by atoms with Crippen molar-refractivity contribution >= 4 is 23.4 Å². The molecular formula is C21H25FN8OS. The molecule has 1 fully saturated rings. The molecule has 0 aliphatic carbocycles. The normalized spacial score (nSPS) is 19.5. The van der Waals surface area contributed by atoms with E-state index in [0.29, 0.717) is 27.1 Å². The van der Waals surface area contributed by atoms with E-state index in [1.165, 1.54) is 6.20 Å². The number of aliphatic hydroxyl groups excluding tert-OH is 1. The first-order chi connectivity index (χ1) is 15.4. The van der Waals surface area contributed by atoms with Crippen LogP contribution in [0.5, 0.6) is 0 Å². The second kappa shape index (κ2) is 7.98. The van der Waals surface area contributed by atoms with Gasteiger partial charge in [0.2, 0.25) is 0 Å². The Kier molecular flexibility index (Phi) is 5.26. The second-order valence-corrected chi connectivity index (χ2v) is 9.42. The van der Waals surface area contributed by atoms with Crippen molar-refractivity contribution < 1.29 is 9.50 Å². The number of hydrogen-bond donors (Lipinski definition) is 3. The molecule has 5 heterocycles. The van der Waals surface area contributed by atoms with Gasteiger partial charge in [0.1, 0.15) is 10.7 Å². The van der Waals surface area contributed by atoms with Crippen LogP contribution < -0.4 is 16.4 Å². The van der Waals surface area contributed by atoms with Gasteiger partial charge in [-0.05, 0) is 31.9 Å². The van der Waals surface area contributed by atoms with Gasteiger partial charge in [-0.3, -0.25) is 4.68 Å². The lowest BCUT2D eigenvalue weighted by atomic mass is 9.73. The van der Waals surface area contributed by atoms with E-state index in [1.54, 1.807) is 12.3 Å². The van der Waals surface area contributed by atoms with Crippen LogP contribution in [0.15, 0.2) is 34.4 Å². The first-order valence-corrected chi connectivity index (χ1v) is 11.3. The zero-order valence-electron chi connectivity index (χ0n) is 17.7. The molecule has 0 amide bonds. The Hall–Kier alpha value is -2.76. The lowest BCUT2D eigenvalue weighted by Gasteiger charge is -2.42. The Morgan fingerprint density at radius 1 is 1.25 bits per heavy atom. The first kappa shape index (κ1) is 21.1. The number of fused-ring (bicyclic) bond motifs is 1. The van der Waals surface area contributed by atoms with Crippen molar-refractivity contribution in [2.45, 2.75) is 48.9 Å². The fourth-order valence-corrected chi connectivity index (χ4v) is 5.57. The minimum atomic E-state index is -0.581. The van der Waals surface area contributed by atoms with Crippen LogP contribution in [-0.2, 0) is 13.2 Å². The summed E-state index contributed by atoms with van der Waals surface area (Å²) >= 11 is 1.12. The van der Waals surface area contributed by atoms with Crippen LogP contribution in [0, 0.1) is 18.2 Å². The van der Waals surface area contributed by atoms with Crippen molar-refractivity contribution in [1.29, 1.82) is 0 Å². The summed E-state index contributed by atoms with van der Waals surface area (Å²) in [5.41, 5.74) is 14.4. The molecule has 1 saturated heterocycles. The molecule has 32 heavy (non-hydrogen) atoms. The molecule has 1 atom stereocenters. The molecule has 5 N–H and O–H groups in total. The van der Waals surface area contributed by atoms with Crippen molar-refractivity contribution in [3.63, 3.8) is 0 Å². The van der Waals surface area contributed by atoms with Crippen molar-refractivity contribution in [2.24, 2.45) is 11.1 Å². The van der Waals surface area contributed by atoms with Crippen LogP contribution in [0.3, 0.4) is 0 Å². The summed E-state index contributed by atoms with van der Waals surface area (Å²) in [5.74, 6) is -0.0698. The van der Waals surface area contributed by atoms with Gasteiger partial charge < -0.3 is 21.5 Å². The standard InChI is InChI=1S/C21H25FN8OS/c1-12-20(32-15-3-6-25-18(24)16(15)22)28-13(10-31)19(27-12)29-8-4-21(5-9-29)11-30-14(17(21)23)2-7-26-30/h2-3,6-7,17,31H,4-5,8-11,23H2,1H3,(H2,24,25)/t17-/m0/s1. The number of aryl methyl sites for hydroxylation is 1. The van der Waals surface area contributed by atoms with E-state index in [2.05, 4.69) is 20.0 Å². The quantitative estimate of drug-likeness (QED) is 0.539. The summed E-state index contributed by atoms with van der Waals surface area (Å²) < 4.78 is 16.3. The summed E-state index contributed by atoms with van der Waals surface area (Å²) in [5, 5.41) is 14.9. The number of nitrogen functional groups attached to an aromatic ring is 1. The Morgan fingerprint density at radius 2 is 2.03 bits per heavy atom. The SMILES string of the molecule is Cc1nc(N2CCC3(CC2)Cn2nccc2[C@@H]3N)c(CO)nc1Sc1ccnc(N)c1F. The highest BCUT2D eigenvalue weighted by Gasteiger charge is 2.47. The molecule has 0 aromatic carbocycles. The third-order valence-electron chi connectivity index (χ3n) is 6.57. The van der Waals surface area contributed by atoms with Crippen LogP contribution in [0.2, 0.25) is 0 Å². The molecule has 3 aromatic rings. The van der Waals surface area contributed by atoms with Gasteiger partial charge in [0.25, 0.3) is 0 Å². The number of pyridine rings is 1. The van der Waals surface area contributed by atoms with Crippen LogP contribution in [-0.4, -0.2) is 42.9 Å². The zero-order valence-corrected chi connectivity index (χ0v) is 18.5. The van der Waals surface area contributed by atoms with Crippen molar-refractivity contribution in [3.05, 3.63) is 47.4 Å². The number of aromatic nitrogens is 5. The van der Waals surface area contributed by atoms with Crippen molar-refractivity contribution in [3.8, 4) is 0 Å². The van der Waals surface area contributed by atoms with E-state index in [0.717, 1.165) is 49.9 Å². The number of aliphatic hydroxyl groups is 1. The molecule has 2 aliphatic heterocycles. The summed E-state index contributed by atoms with van der Waals surface area (Å²) in [6.07, 6.45) is 5.06. The largest absolute Gasteiger partial charge is 0.390 e. The molecular weight excluding hydrogens is 431 g/mol. The number of anilines is 2. The lowest BCUT2D eigenvalue weighted by molar-refractivity contribution is 0.170. The van der Waals surface area contributed by atoms with Crippen molar-refractivity contribution in [2.75, 3.05) is 23.7 Å². The Morgan fingerprint density at radius 3 is 2.75 bits per heavy atom. The lowest BCUT2D eigenvalue weighted by Crippen LogP contribution is -2.45. The van der Waals surface area contributed by atoms with Gasteiger partial charge >= 0.3 is 0 Å². The zero-order chi connectivity index (χ0) is 22.5. The number of hydrogen-bond acceptors (Lipinski definition) is 9. The molecule has 0 bridgehead atoms. The molecule has 11 heteroatoms. The molecule has 0 unspecified atom stereocenters. The Bertz CT molecular complexity index is 1160. The Balaban J connectivity index is 1.36. The number of nitrogens with zero attached hydrogens (tertiary/aromatic N) is 6. The molecule has 2 aliphatic rings. The fourth-order valence-electron chi connectivity index (χ4n) is 4.69. The highest BCUT2D eigenvalue weighted by atomic mass is 32.2. The monoisotopic (exact) mass is 456 g/mol. The maximum absolute atomic E-state index is 14.3. The molecule has 1 spiro atoms. The fraction of sp³-hybridized carbons (Fsp3) is 0.429. The smallest absolute Gasteiger partial charge is 0.179 e. The van der Waals surface area contributed by atoms with Gasteiger partial charge in [0.15, 0.2) is 17.5 Å². The van der Waals surface area contributed by atoms with Crippen molar-refractivity contribution in [1.82, 2.24) is 24.7 Å². The highest BCUT2D eigenvalue weighted by Crippen LogP contribution is 2.48. The second-order valence-electron chi connectivity index (χ2n) is 8.39. The number of halogens is 1. The van der Waals surface area contributed by atoms with Gasteiger partial charge in [0, 0.05) is 37.4 Å². The van der Waals surface area contributed by atoms with E-state index in [9.17, 15) is 9.50 Å². The predicted molar refractivity (Wildman–Crippen MR) is 118 cm³/mol. The van der Waals surface area contributed by atoms with Crippen LogP contribution in [0.4, 0.5) is 16.0 Å². The summed E-state index contributed by atoms with van der Waals surface area (Å²) in [4.78, 5) is 15.6. The van der Waals surface area contributed by atoms with Gasteiger partial charge in [-0.25, -0.2) is 19.3 Å². The Labute approximate surface area is 189 Å². The van der Waals surface area contributed by atoms with E-state index in [4.69, 9.17) is 16.5 Å². The predicted octanol–water partition coefficient (Wildman–Crippen LogP) is 2.04. The highest BCUT2D eigenvalue weighted by molar-refractivity contribution is 7.99. The number of rotatable bonds is 4. The maximum atomic E-state index is 14.3. The van der Waals surface area contributed by atoms with Gasteiger partial charge in [-0.2, -0.15) is 5.10 Å². The number of piperidine rings is 1. The van der Waals surface area contributed by atoms with Crippen LogP contribution >= 0.6 is 11.8 Å². The van der Waals surface area contributed by atoms with Crippen LogP contribution in [0.1, 0.15) is 36.0 Å². The molecule has 3 aromatic heterocycles. The van der Waals surface area contributed by atoms with E-state index >= 15 is 0 Å². The third kappa shape index (κ3) is 3.40. The van der Waals surface area contributed by atoms with E-state index in [1.807, 2.05) is 17.7 Å². The summed E-state index contributed by atoms with van der Waals surface area (Å²) in [6, 6.07) is 3.52. The first-order valence-electron chi connectivity index (χ1n) is 10.5. The van der Waals surface area contributed by atoms with Gasteiger partial charge in [-0.1, -0.05) is 11.8 Å². The molecule has 9 nitrogen and oxygen atoms in total. The average Bonchev–Trinajstić information content (AvgIpc) is 3.34. The maximum Gasteiger partial charge on any atom is 0.179 e. The topological polar surface area (TPSA) is 132 Å². The summed E-state index contributed by atoms with van der Waals surface area (Å²) in [6.45, 7) is 3.94. The van der Waals surface area contributed by atoms with Gasteiger partial charge in [0.05, 0.1) is 28.9 Å². The molecule has 168 valence electrons. The third-order valence-corrected chi connectivity index (χ3v) is 7.68. The van der Waals surface area contributed by atoms with Crippen LogP contribution in [0.25, 0.3) is 0 Å². The molecule has 0 saturated carbocycles. The summed E-state index contributed by atoms with van der Waals surface area (Å²) in [7, 11) is 0. The molecule has 0 radical (unpaired) electrons.